The molecule has 0 atom stereocenters. The molecule has 2 aromatic rings. The summed E-state index contributed by atoms with van der Waals surface area (Å²) in [7, 11) is 0. The molecule has 116 valence electrons. The number of imidazole rings is 1. The Morgan fingerprint density at radius 3 is 2.68 bits per heavy atom. The van der Waals surface area contributed by atoms with Crippen molar-refractivity contribution in [2.24, 2.45) is 0 Å². The number of alkyl halides is 2. The van der Waals surface area contributed by atoms with Crippen molar-refractivity contribution in [2.45, 2.75) is 13.2 Å². The van der Waals surface area contributed by atoms with E-state index < -0.39 is 25.0 Å². The molecule has 1 heterocycles. The Morgan fingerprint density at radius 1 is 1.27 bits per heavy atom. The molecule has 0 saturated carbocycles. The van der Waals surface area contributed by atoms with Crippen molar-refractivity contribution in [3.63, 3.8) is 0 Å². The molecular formula is C14H13F2N3O3. The van der Waals surface area contributed by atoms with Crippen LogP contribution in [0.3, 0.4) is 0 Å². The van der Waals surface area contributed by atoms with Gasteiger partial charge in [0.15, 0.2) is 5.82 Å². The summed E-state index contributed by atoms with van der Waals surface area (Å²) in [6.07, 6.45) is 2.28. The standard InChI is InChI=1S/C14H13F2N3O3/c15-14(16)19-7-6-17-11(19)9-22-12(20)8-18-13(21)10-4-2-1-3-5-10/h1-7,14H,8-9H2,(H,18,21). The van der Waals surface area contributed by atoms with Crippen LogP contribution in [0.2, 0.25) is 0 Å². The van der Waals surface area contributed by atoms with E-state index in [1.165, 1.54) is 6.20 Å². The Hall–Kier alpha value is -2.77. The van der Waals surface area contributed by atoms with E-state index in [9.17, 15) is 18.4 Å². The van der Waals surface area contributed by atoms with Crippen molar-refractivity contribution < 1.29 is 23.1 Å². The number of ether oxygens (including phenoxy) is 1. The summed E-state index contributed by atoms with van der Waals surface area (Å²) in [5.41, 5.74) is 0.406. The van der Waals surface area contributed by atoms with E-state index in [0.29, 0.717) is 10.1 Å². The Bertz CT molecular complexity index is 644. The molecule has 0 aliphatic rings. The average Bonchev–Trinajstić information content (AvgIpc) is 3.00. The maximum atomic E-state index is 12.6. The van der Waals surface area contributed by atoms with Crippen LogP contribution >= 0.6 is 0 Å². The highest BCUT2D eigenvalue weighted by atomic mass is 19.3. The van der Waals surface area contributed by atoms with Crippen LogP contribution in [0, 0.1) is 0 Å². The Morgan fingerprint density at radius 2 is 2.00 bits per heavy atom. The summed E-state index contributed by atoms with van der Waals surface area (Å²) in [4.78, 5) is 26.9. The van der Waals surface area contributed by atoms with Crippen molar-refractivity contribution in [1.82, 2.24) is 14.9 Å². The van der Waals surface area contributed by atoms with Crippen LogP contribution in [0.25, 0.3) is 0 Å². The van der Waals surface area contributed by atoms with Crippen molar-refractivity contribution in [1.29, 1.82) is 0 Å². The van der Waals surface area contributed by atoms with Crippen molar-refractivity contribution in [2.75, 3.05) is 6.54 Å². The number of aromatic nitrogens is 2. The van der Waals surface area contributed by atoms with E-state index in [1.54, 1.807) is 30.3 Å². The molecule has 6 nitrogen and oxygen atoms in total. The second-order valence-corrected chi connectivity index (χ2v) is 4.24. The van der Waals surface area contributed by atoms with Crippen LogP contribution in [0.4, 0.5) is 8.78 Å². The second-order valence-electron chi connectivity index (χ2n) is 4.24. The molecule has 0 spiro atoms. The van der Waals surface area contributed by atoms with Crippen molar-refractivity contribution in [3.8, 4) is 0 Å². The number of hydrogen-bond acceptors (Lipinski definition) is 4. The van der Waals surface area contributed by atoms with Gasteiger partial charge < -0.3 is 10.1 Å². The van der Waals surface area contributed by atoms with E-state index in [-0.39, 0.29) is 12.4 Å². The molecule has 0 unspecified atom stereocenters. The van der Waals surface area contributed by atoms with Gasteiger partial charge in [0.2, 0.25) is 0 Å². The number of carbonyl (C=O) groups excluding carboxylic acids is 2. The molecular weight excluding hydrogens is 296 g/mol. The quantitative estimate of drug-likeness (QED) is 0.825. The number of esters is 1. The fourth-order valence-corrected chi connectivity index (χ4v) is 1.67. The number of rotatable bonds is 6. The third-order valence-electron chi connectivity index (χ3n) is 2.75. The van der Waals surface area contributed by atoms with Gasteiger partial charge >= 0.3 is 12.5 Å². The first-order valence-electron chi connectivity index (χ1n) is 6.36. The topological polar surface area (TPSA) is 73.2 Å². The van der Waals surface area contributed by atoms with E-state index in [4.69, 9.17) is 4.74 Å². The lowest BCUT2D eigenvalue weighted by molar-refractivity contribution is -0.144. The van der Waals surface area contributed by atoms with Gasteiger partial charge in [0.1, 0.15) is 13.2 Å². The van der Waals surface area contributed by atoms with Gasteiger partial charge in [0, 0.05) is 18.0 Å². The summed E-state index contributed by atoms with van der Waals surface area (Å²) in [5, 5.41) is 2.38. The normalized spacial score (nSPS) is 10.5. The summed E-state index contributed by atoms with van der Waals surface area (Å²) in [5.74, 6) is -1.24. The molecule has 0 fully saturated rings. The number of carbonyl (C=O) groups is 2. The molecule has 1 amide bonds. The highest BCUT2D eigenvalue weighted by Crippen LogP contribution is 2.12. The molecule has 0 bridgehead atoms. The number of amides is 1. The molecule has 0 radical (unpaired) electrons. The minimum atomic E-state index is -2.76. The summed E-state index contributed by atoms with van der Waals surface area (Å²) >= 11 is 0. The number of hydrogen-bond donors (Lipinski definition) is 1. The zero-order valence-corrected chi connectivity index (χ0v) is 11.4. The predicted molar refractivity (Wildman–Crippen MR) is 72.1 cm³/mol. The van der Waals surface area contributed by atoms with Gasteiger partial charge in [-0.1, -0.05) is 18.2 Å². The molecule has 2 rings (SSSR count). The molecule has 8 heteroatoms. The van der Waals surface area contributed by atoms with Gasteiger partial charge in [0.05, 0.1) is 0 Å². The molecule has 0 saturated heterocycles. The zero-order valence-electron chi connectivity index (χ0n) is 11.4. The highest BCUT2D eigenvalue weighted by Gasteiger charge is 2.14. The molecule has 0 aliphatic heterocycles. The van der Waals surface area contributed by atoms with Crippen molar-refractivity contribution >= 4 is 11.9 Å². The number of benzene rings is 1. The second kappa shape index (κ2) is 7.30. The first-order valence-corrected chi connectivity index (χ1v) is 6.36. The number of halogens is 2. The Balaban J connectivity index is 1.79. The fourth-order valence-electron chi connectivity index (χ4n) is 1.67. The maximum absolute atomic E-state index is 12.6. The lowest BCUT2D eigenvalue weighted by atomic mass is 10.2. The number of nitrogens with zero attached hydrogens (tertiary/aromatic N) is 2. The maximum Gasteiger partial charge on any atom is 0.325 e. The largest absolute Gasteiger partial charge is 0.456 e. The summed E-state index contributed by atoms with van der Waals surface area (Å²) in [6, 6.07) is 8.34. The van der Waals surface area contributed by atoms with E-state index >= 15 is 0 Å². The predicted octanol–water partition coefficient (Wildman–Crippen LogP) is 1.75. The van der Waals surface area contributed by atoms with Gasteiger partial charge in [-0.05, 0) is 12.1 Å². The van der Waals surface area contributed by atoms with Crippen LogP contribution in [-0.2, 0) is 16.1 Å². The van der Waals surface area contributed by atoms with Crippen LogP contribution < -0.4 is 5.32 Å². The SMILES string of the molecule is O=C(CNC(=O)c1ccccc1)OCc1nccn1C(F)F. The van der Waals surface area contributed by atoms with Gasteiger partial charge in [-0.25, -0.2) is 4.98 Å². The van der Waals surface area contributed by atoms with Gasteiger partial charge in [0.25, 0.3) is 5.91 Å². The summed E-state index contributed by atoms with van der Waals surface area (Å²) in [6.45, 7) is -3.51. The fraction of sp³-hybridized carbons (Fsp3) is 0.214. The molecule has 0 aliphatic carbocycles. The molecule has 22 heavy (non-hydrogen) atoms. The first-order chi connectivity index (χ1) is 10.6. The third kappa shape index (κ3) is 4.11. The first kappa shape index (κ1) is 15.6. The lowest BCUT2D eigenvalue weighted by Gasteiger charge is -2.08. The van der Waals surface area contributed by atoms with Crippen molar-refractivity contribution in [3.05, 3.63) is 54.1 Å². The third-order valence-corrected chi connectivity index (χ3v) is 2.75. The zero-order chi connectivity index (χ0) is 15.9. The minimum Gasteiger partial charge on any atom is -0.456 e. The Labute approximate surface area is 124 Å². The monoisotopic (exact) mass is 309 g/mol. The van der Waals surface area contributed by atoms with Gasteiger partial charge in [-0.3, -0.25) is 14.2 Å². The smallest absolute Gasteiger partial charge is 0.325 e. The minimum absolute atomic E-state index is 0.0715. The number of nitrogens with one attached hydrogen (secondary N) is 1. The van der Waals surface area contributed by atoms with Crippen LogP contribution in [0.5, 0.6) is 0 Å². The molecule has 1 N–H and O–H groups in total. The van der Waals surface area contributed by atoms with E-state index in [0.717, 1.165) is 6.20 Å². The summed E-state index contributed by atoms with van der Waals surface area (Å²) < 4.78 is 30.5. The Kier molecular flexibility index (Phi) is 5.18. The average molecular weight is 309 g/mol. The van der Waals surface area contributed by atoms with Crippen LogP contribution in [0.15, 0.2) is 42.7 Å². The van der Waals surface area contributed by atoms with Gasteiger partial charge in [-0.15, -0.1) is 0 Å². The molecule has 1 aromatic heterocycles. The van der Waals surface area contributed by atoms with E-state index in [1.807, 2.05) is 0 Å². The van der Waals surface area contributed by atoms with Crippen LogP contribution in [-0.4, -0.2) is 28.0 Å². The van der Waals surface area contributed by atoms with E-state index in [2.05, 4.69) is 10.3 Å². The van der Waals surface area contributed by atoms with Gasteiger partial charge in [-0.2, -0.15) is 8.78 Å². The van der Waals surface area contributed by atoms with Crippen LogP contribution in [0.1, 0.15) is 22.7 Å². The highest BCUT2D eigenvalue weighted by molar-refractivity contribution is 5.95. The lowest BCUT2D eigenvalue weighted by Crippen LogP contribution is -2.30. The molecule has 1 aromatic carbocycles.